The standard InChI is InChI=1S/C12H16N2O2S3/c1-18-10-4-2-3-9(11(10)12(13)17)14-5-7-19(15,16)8-6-14/h2-4H,5-8H2,1H3,(H2,13,17). The molecule has 0 amide bonds. The first-order valence-electron chi connectivity index (χ1n) is 5.87. The molecule has 104 valence electrons. The zero-order valence-electron chi connectivity index (χ0n) is 10.6. The number of anilines is 1. The molecule has 1 fully saturated rings. The summed E-state index contributed by atoms with van der Waals surface area (Å²) in [5, 5.41) is 0. The van der Waals surface area contributed by atoms with Crippen molar-refractivity contribution in [2.75, 3.05) is 35.8 Å². The second kappa shape index (κ2) is 5.68. The maximum absolute atomic E-state index is 11.5. The zero-order chi connectivity index (χ0) is 14.0. The van der Waals surface area contributed by atoms with Crippen molar-refractivity contribution < 1.29 is 8.42 Å². The van der Waals surface area contributed by atoms with Gasteiger partial charge in [0, 0.05) is 29.2 Å². The van der Waals surface area contributed by atoms with Gasteiger partial charge in [-0.05, 0) is 18.4 Å². The van der Waals surface area contributed by atoms with Crippen molar-refractivity contribution in [3.63, 3.8) is 0 Å². The molecule has 0 unspecified atom stereocenters. The minimum atomic E-state index is -2.88. The summed E-state index contributed by atoms with van der Waals surface area (Å²) in [6.45, 7) is 0.992. The fraction of sp³-hybridized carbons (Fsp3) is 0.417. The summed E-state index contributed by atoms with van der Waals surface area (Å²) in [6.07, 6.45) is 1.97. The highest BCUT2D eigenvalue weighted by Crippen LogP contribution is 2.30. The number of sulfone groups is 1. The molecule has 7 heteroatoms. The molecule has 1 aliphatic heterocycles. The van der Waals surface area contributed by atoms with Crippen molar-refractivity contribution in [3.8, 4) is 0 Å². The summed E-state index contributed by atoms with van der Waals surface area (Å²) in [5.74, 6) is 0.376. The third-order valence-electron chi connectivity index (χ3n) is 3.16. The summed E-state index contributed by atoms with van der Waals surface area (Å²) < 4.78 is 23.0. The second-order valence-electron chi connectivity index (χ2n) is 4.36. The third-order valence-corrected chi connectivity index (χ3v) is 5.75. The normalized spacial score (nSPS) is 18.3. The lowest BCUT2D eigenvalue weighted by Crippen LogP contribution is -2.41. The van der Waals surface area contributed by atoms with E-state index in [1.807, 2.05) is 24.5 Å². The van der Waals surface area contributed by atoms with Crippen LogP contribution < -0.4 is 10.6 Å². The van der Waals surface area contributed by atoms with Crippen molar-refractivity contribution in [1.29, 1.82) is 0 Å². The lowest BCUT2D eigenvalue weighted by atomic mass is 10.1. The highest BCUT2D eigenvalue weighted by atomic mass is 32.2. The lowest BCUT2D eigenvalue weighted by molar-refractivity contribution is 0.587. The molecule has 4 nitrogen and oxygen atoms in total. The Bertz CT molecular complexity index is 585. The Morgan fingerprint density at radius 1 is 1.37 bits per heavy atom. The SMILES string of the molecule is CSc1cccc(N2CCS(=O)(=O)CC2)c1C(N)=S. The number of nitrogens with two attached hydrogens (primary N) is 1. The number of benzene rings is 1. The first-order valence-corrected chi connectivity index (χ1v) is 9.32. The van der Waals surface area contributed by atoms with Gasteiger partial charge in [-0.1, -0.05) is 18.3 Å². The highest BCUT2D eigenvalue weighted by molar-refractivity contribution is 7.98. The Labute approximate surface area is 123 Å². The summed E-state index contributed by atoms with van der Waals surface area (Å²) in [7, 11) is -2.88. The van der Waals surface area contributed by atoms with Gasteiger partial charge < -0.3 is 10.6 Å². The summed E-state index contributed by atoms with van der Waals surface area (Å²) in [4.78, 5) is 3.43. The lowest BCUT2D eigenvalue weighted by Gasteiger charge is -2.31. The Balaban J connectivity index is 2.38. The van der Waals surface area contributed by atoms with Crippen LogP contribution in [0.2, 0.25) is 0 Å². The number of rotatable bonds is 3. The average molecular weight is 316 g/mol. The van der Waals surface area contributed by atoms with E-state index in [0.717, 1.165) is 16.1 Å². The van der Waals surface area contributed by atoms with E-state index in [1.54, 1.807) is 11.8 Å². The largest absolute Gasteiger partial charge is 0.389 e. The Kier molecular flexibility index (Phi) is 4.37. The van der Waals surface area contributed by atoms with Crippen LogP contribution in [0.3, 0.4) is 0 Å². The number of hydrogen-bond acceptors (Lipinski definition) is 5. The maximum Gasteiger partial charge on any atom is 0.153 e. The number of nitrogens with zero attached hydrogens (tertiary/aromatic N) is 1. The van der Waals surface area contributed by atoms with Crippen LogP contribution in [-0.2, 0) is 9.84 Å². The zero-order valence-corrected chi connectivity index (χ0v) is 13.1. The monoisotopic (exact) mass is 316 g/mol. The number of hydrogen-bond donors (Lipinski definition) is 1. The molecule has 2 N–H and O–H groups in total. The molecule has 19 heavy (non-hydrogen) atoms. The van der Waals surface area contributed by atoms with Crippen LogP contribution in [0.5, 0.6) is 0 Å². The van der Waals surface area contributed by atoms with Crippen LogP contribution in [0, 0.1) is 0 Å². The van der Waals surface area contributed by atoms with Gasteiger partial charge >= 0.3 is 0 Å². The van der Waals surface area contributed by atoms with Crippen LogP contribution in [-0.4, -0.2) is 44.3 Å². The molecule has 0 radical (unpaired) electrons. The second-order valence-corrected chi connectivity index (χ2v) is 7.95. The summed E-state index contributed by atoms with van der Waals surface area (Å²) in [5.41, 5.74) is 7.61. The summed E-state index contributed by atoms with van der Waals surface area (Å²) >= 11 is 6.73. The van der Waals surface area contributed by atoms with Gasteiger partial charge in [0.15, 0.2) is 9.84 Å². The van der Waals surface area contributed by atoms with Crippen molar-refractivity contribution in [2.24, 2.45) is 5.73 Å². The molecule has 1 aromatic carbocycles. The molecule has 1 saturated heterocycles. The minimum absolute atomic E-state index is 0.188. The quantitative estimate of drug-likeness (QED) is 0.669. The van der Waals surface area contributed by atoms with Gasteiger partial charge in [0.2, 0.25) is 0 Å². The van der Waals surface area contributed by atoms with Gasteiger partial charge in [0.1, 0.15) is 4.99 Å². The molecular formula is C12H16N2O2S3. The van der Waals surface area contributed by atoms with E-state index in [1.165, 1.54) is 0 Å². The Morgan fingerprint density at radius 2 is 2.00 bits per heavy atom. The van der Waals surface area contributed by atoms with E-state index in [9.17, 15) is 8.42 Å². The van der Waals surface area contributed by atoms with E-state index in [0.29, 0.717) is 18.1 Å². The molecule has 0 bridgehead atoms. The van der Waals surface area contributed by atoms with Crippen LogP contribution in [0.15, 0.2) is 23.1 Å². The van der Waals surface area contributed by atoms with Crippen LogP contribution in [0.4, 0.5) is 5.69 Å². The van der Waals surface area contributed by atoms with E-state index in [-0.39, 0.29) is 11.5 Å². The van der Waals surface area contributed by atoms with E-state index < -0.39 is 9.84 Å². The predicted molar refractivity (Wildman–Crippen MR) is 85.0 cm³/mol. The fourth-order valence-electron chi connectivity index (χ4n) is 2.15. The first-order chi connectivity index (χ1) is 8.94. The molecule has 0 spiro atoms. The highest BCUT2D eigenvalue weighted by Gasteiger charge is 2.24. The maximum atomic E-state index is 11.5. The Hall–Kier alpha value is -0.790. The minimum Gasteiger partial charge on any atom is -0.389 e. The molecular weight excluding hydrogens is 300 g/mol. The smallest absolute Gasteiger partial charge is 0.153 e. The first kappa shape index (κ1) is 14.6. The molecule has 1 heterocycles. The third kappa shape index (κ3) is 3.21. The van der Waals surface area contributed by atoms with Crippen LogP contribution in [0.25, 0.3) is 0 Å². The van der Waals surface area contributed by atoms with E-state index in [2.05, 4.69) is 4.90 Å². The van der Waals surface area contributed by atoms with Crippen molar-refractivity contribution in [3.05, 3.63) is 23.8 Å². The molecule has 0 atom stereocenters. The summed E-state index contributed by atoms with van der Waals surface area (Å²) in [6, 6.07) is 5.88. The number of thioether (sulfide) groups is 1. The fourth-order valence-corrected chi connectivity index (χ4v) is 4.27. The van der Waals surface area contributed by atoms with Crippen molar-refractivity contribution in [1.82, 2.24) is 0 Å². The van der Waals surface area contributed by atoms with Gasteiger partial charge in [0.25, 0.3) is 0 Å². The van der Waals surface area contributed by atoms with Crippen molar-refractivity contribution in [2.45, 2.75) is 4.90 Å². The molecule has 0 aliphatic carbocycles. The van der Waals surface area contributed by atoms with Gasteiger partial charge in [-0.25, -0.2) is 8.42 Å². The van der Waals surface area contributed by atoms with E-state index in [4.69, 9.17) is 18.0 Å². The number of thiocarbonyl (C=S) groups is 1. The molecule has 0 saturated carbocycles. The van der Waals surface area contributed by atoms with Gasteiger partial charge in [-0.15, -0.1) is 11.8 Å². The van der Waals surface area contributed by atoms with Crippen LogP contribution >= 0.6 is 24.0 Å². The van der Waals surface area contributed by atoms with Gasteiger partial charge in [0.05, 0.1) is 11.5 Å². The molecule has 0 aromatic heterocycles. The average Bonchev–Trinajstić information content (AvgIpc) is 2.37. The van der Waals surface area contributed by atoms with Gasteiger partial charge in [-0.2, -0.15) is 0 Å². The van der Waals surface area contributed by atoms with E-state index >= 15 is 0 Å². The molecule has 1 aliphatic rings. The predicted octanol–water partition coefficient (Wildman–Crippen LogP) is 1.28. The molecule has 2 rings (SSSR count). The van der Waals surface area contributed by atoms with Gasteiger partial charge in [-0.3, -0.25) is 0 Å². The topological polar surface area (TPSA) is 63.4 Å². The molecule has 1 aromatic rings. The van der Waals surface area contributed by atoms with Crippen molar-refractivity contribution >= 4 is 44.5 Å². The Morgan fingerprint density at radius 3 is 2.53 bits per heavy atom. The van der Waals surface area contributed by atoms with Crippen LogP contribution in [0.1, 0.15) is 5.56 Å².